The van der Waals surface area contributed by atoms with Crippen molar-refractivity contribution in [2.24, 2.45) is 0 Å². The van der Waals surface area contributed by atoms with Gasteiger partial charge in [-0.05, 0) is 29.8 Å². The minimum Gasteiger partial charge on any atom is -0.497 e. The fraction of sp³-hybridized carbons (Fsp3) is 0.160. The molecule has 0 aromatic heterocycles. The van der Waals surface area contributed by atoms with E-state index in [1.807, 2.05) is 30.3 Å². The van der Waals surface area contributed by atoms with E-state index in [-0.39, 0.29) is 23.9 Å². The molecule has 3 rings (SSSR count). The molecule has 0 fully saturated rings. The summed E-state index contributed by atoms with van der Waals surface area (Å²) >= 11 is 0. The van der Waals surface area contributed by atoms with Crippen LogP contribution in [-0.4, -0.2) is 43.3 Å². The highest BCUT2D eigenvalue weighted by atomic mass is 16.5. The van der Waals surface area contributed by atoms with Crippen LogP contribution in [0.4, 0.5) is 0 Å². The molecule has 3 aromatic rings. The van der Waals surface area contributed by atoms with Gasteiger partial charge in [-0.1, -0.05) is 54.6 Å². The van der Waals surface area contributed by atoms with Crippen LogP contribution in [0.3, 0.4) is 0 Å². The van der Waals surface area contributed by atoms with Gasteiger partial charge in [-0.2, -0.15) is 0 Å². The van der Waals surface area contributed by atoms with Crippen LogP contribution < -0.4 is 4.74 Å². The first-order valence-corrected chi connectivity index (χ1v) is 9.72. The SMILES string of the molecule is COc1cccc(CN(C)C(=O)COC(=O)c2ccc(C(=O)c3ccccc3)cc2)c1. The third-order valence-electron chi connectivity index (χ3n) is 4.73. The summed E-state index contributed by atoms with van der Waals surface area (Å²) in [6.07, 6.45) is 0. The summed E-state index contributed by atoms with van der Waals surface area (Å²) in [5, 5.41) is 0. The fourth-order valence-corrected chi connectivity index (χ4v) is 2.97. The van der Waals surface area contributed by atoms with E-state index in [2.05, 4.69) is 0 Å². The number of hydrogen-bond acceptors (Lipinski definition) is 5. The number of rotatable bonds is 8. The van der Waals surface area contributed by atoms with Gasteiger partial charge in [-0.25, -0.2) is 4.79 Å². The minimum atomic E-state index is -0.623. The summed E-state index contributed by atoms with van der Waals surface area (Å²) in [4.78, 5) is 38.5. The lowest BCUT2D eigenvalue weighted by Gasteiger charge is -2.17. The van der Waals surface area contributed by atoms with E-state index in [4.69, 9.17) is 9.47 Å². The quantitative estimate of drug-likeness (QED) is 0.412. The molecule has 0 aliphatic carbocycles. The molecule has 158 valence electrons. The second kappa shape index (κ2) is 10.2. The first kappa shape index (κ1) is 21.8. The Labute approximate surface area is 181 Å². The fourth-order valence-electron chi connectivity index (χ4n) is 2.97. The Kier molecular flexibility index (Phi) is 7.17. The molecular formula is C25H23NO5. The first-order chi connectivity index (χ1) is 15.0. The lowest BCUT2D eigenvalue weighted by Crippen LogP contribution is -2.30. The van der Waals surface area contributed by atoms with Crippen molar-refractivity contribution in [1.29, 1.82) is 0 Å². The monoisotopic (exact) mass is 417 g/mol. The van der Waals surface area contributed by atoms with E-state index in [0.717, 1.165) is 5.56 Å². The van der Waals surface area contributed by atoms with Crippen molar-refractivity contribution in [3.05, 3.63) is 101 Å². The summed E-state index contributed by atoms with van der Waals surface area (Å²) < 4.78 is 10.3. The molecular weight excluding hydrogens is 394 g/mol. The molecule has 0 bridgehead atoms. The van der Waals surface area contributed by atoms with Crippen molar-refractivity contribution in [1.82, 2.24) is 4.90 Å². The van der Waals surface area contributed by atoms with Crippen LogP contribution in [0.15, 0.2) is 78.9 Å². The molecule has 0 aliphatic heterocycles. The van der Waals surface area contributed by atoms with Crippen LogP contribution >= 0.6 is 0 Å². The van der Waals surface area contributed by atoms with Crippen molar-refractivity contribution < 1.29 is 23.9 Å². The van der Waals surface area contributed by atoms with E-state index < -0.39 is 5.97 Å². The van der Waals surface area contributed by atoms with Crippen molar-refractivity contribution in [3.8, 4) is 5.75 Å². The van der Waals surface area contributed by atoms with Crippen molar-refractivity contribution in [2.45, 2.75) is 6.54 Å². The Hall–Kier alpha value is -3.93. The maximum atomic E-state index is 12.4. The van der Waals surface area contributed by atoms with Crippen molar-refractivity contribution in [3.63, 3.8) is 0 Å². The van der Waals surface area contributed by atoms with Gasteiger partial charge < -0.3 is 14.4 Å². The van der Waals surface area contributed by atoms with Crippen LogP contribution in [0, 0.1) is 0 Å². The van der Waals surface area contributed by atoms with Gasteiger partial charge in [0, 0.05) is 24.7 Å². The molecule has 0 radical (unpaired) electrons. The Balaban J connectivity index is 1.53. The highest BCUT2D eigenvalue weighted by molar-refractivity contribution is 6.09. The molecule has 31 heavy (non-hydrogen) atoms. The number of ketones is 1. The Morgan fingerprint density at radius 3 is 2.13 bits per heavy atom. The van der Waals surface area contributed by atoms with Gasteiger partial charge >= 0.3 is 5.97 Å². The Bertz CT molecular complexity index is 1060. The number of amides is 1. The average molecular weight is 417 g/mol. The van der Waals surface area contributed by atoms with Crippen molar-refractivity contribution in [2.75, 3.05) is 20.8 Å². The van der Waals surface area contributed by atoms with Crippen molar-refractivity contribution >= 4 is 17.7 Å². The normalized spacial score (nSPS) is 10.3. The number of hydrogen-bond donors (Lipinski definition) is 0. The molecule has 0 unspecified atom stereocenters. The van der Waals surface area contributed by atoms with Crippen LogP contribution in [0.1, 0.15) is 31.8 Å². The average Bonchev–Trinajstić information content (AvgIpc) is 2.82. The zero-order chi connectivity index (χ0) is 22.2. The molecule has 0 spiro atoms. The number of esters is 1. The summed E-state index contributed by atoms with van der Waals surface area (Å²) in [7, 11) is 3.22. The molecule has 0 N–H and O–H groups in total. The summed E-state index contributed by atoms with van der Waals surface area (Å²) in [5.41, 5.74) is 2.22. The molecule has 1 amide bonds. The van der Waals surface area contributed by atoms with Gasteiger partial charge in [-0.3, -0.25) is 9.59 Å². The zero-order valence-corrected chi connectivity index (χ0v) is 17.4. The third kappa shape index (κ3) is 5.79. The molecule has 0 aliphatic rings. The van der Waals surface area contributed by atoms with E-state index >= 15 is 0 Å². The predicted octanol–water partition coefficient (Wildman–Crippen LogP) is 3.74. The zero-order valence-electron chi connectivity index (χ0n) is 17.4. The summed E-state index contributed by atoms with van der Waals surface area (Å²) in [6.45, 7) is -0.00607. The highest BCUT2D eigenvalue weighted by Gasteiger charge is 2.15. The van der Waals surface area contributed by atoms with Crippen LogP contribution in [0.25, 0.3) is 0 Å². The molecule has 6 heteroatoms. The van der Waals surface area contributed by atoms with Gasteiger partial charge in [0.05, 0.1) is 12.7 Å². The third-order valence-corrected chi connectivity index (χ3v) is 4.73. The summed E-state index contributed by atoms with van der Waals surface area (Å²) in [5.74, 6) is -0.372. The second-order valence-corrected chi connectivity index (χ2v) is 6.95. The van der Waals surface area contributed by atoms with E-state index in [9.17, 15) is 14.4 Å². The lowest BCUT2D eigenvalue weighted by atomic mass is 10.0. The van der Waals surface area contributed by atoms with Gasteiger partial charge in [0.1, 0.15) is 5.75 Å². The molecule has 0 saturated heterocycles. The number of carbonyl (C=O) groups is 3. The lowest BCUT2D eigenvalue weighted by molar-refractivity contribution is -0.133. The topological polar surface area (TPSA) is 72.9 Å². The Morgan fingerprint density at radius 2 is 1.45 bits per heavy atom. The molecule has 3 aromatic carbocycles. The van der Waals surface area contributed by atoms with Gasteiger partial charge in [0.2, 0.25) is 0 Å². The number of benzene rings is 3. The number of carbonyl (C=O) groups excluding carboxylic acids is 3. The smallest absolute Gasteiger partial charge is 0.338 e. The first-order valence-electron chi connectivity index (χ1n) is 9.72. The molecule has 6 nitrogen and oxygen atoms in total. The van der Waals surface area contributed by atoms with Gasteiger partial charge in [-0.15, -0.1) is 0 Å². The molecule has 0 saturated carbocycles. The van der Waals surface area contributed by atoms with E-state index in [1.54, 1.807) is 50.6 Å². The predicted molar refractivity (Wildman–Crippen MR) is 116 cm³/mol. The van der Waals surface area contributed by atoms with Crippen LogP contribution in [0.2, 0.25) is 0 Å². The van der Waals surface area contributed by atoms with E-state index in [1.165, 1.54) is 17.0 Å². The number of likely N-dealkylation sites (N-methyl/N-ethyl adjacent to an activating group) is 1. The number of nitrogens with zero attached hydrogens (tertiary/aromatic N) is 1. The highest BCUT2D eigenvalue weighted by Crippen LogP contribution is 2.14. The maximum absolute atomic E-state index is 12.4. The molecule has 0 heterocycles. The molecule has 0 atom stereocenters. The van der Waals surface area contributed by atoms with Crippen LogP contribution in [-0.2, 0) is 16.1 Å². The van der Waals surface area contributed by atoms with Gasteiger partial charge in [0.25, 0.3) is 5.91 Å². The van der Waals surface area contributed by atoms with E-state index in [0.29, 0.717) is 23.4 Å². The number of methoxy groups -OCH3 is 1. The number of ether oxygens (including phenoxy) is 2. The van der Waals surface area contributed by atoms with Gasteiger partial charge in [0.15, 0.2) is 12.4 Å². The Morgan fingerprint density at radius 1 is 0.806 bits per heavy atom. The van der Waals surface area contributed by atoms with Crippen LogP contribution in [0.5, 0.6) is 5.75 Å². The maximum Gasteiger partial charge on any atom is 0.338 e. The standard InChI is InChI=1S/C25H23NO5/c1-26(16-18-7-6-10-22(15-18)30-2)23(27)17-31-25(29)21-13-11-20(12-14-21)24(28)19-8-4-3-5-9-19/h3-15H,16-17H2,1-2H3. The second-order valence-electron chi connectivity index (χ2n) is 6.95. The minimum absolute atomic E-state index is 0.130. The summed E-state index contributed by atoms with van der Waals surface area (Å²) in [6, 6.07) is 22.5. The largest absolute Gasteiger partial charge is 0.497 e.